The monoisotopic (exact) mass is 753 g/mol. The molecule has 0 amide bonds. The second kappa shape index (κ2) is 16.4. The lowest BCUT2D eigenvalue weighted by molar-refractivity contribution is 0.300. The first kappa shape index (κ1) is 36.4. The van der Waals surface area contributed by atoms with Crippen LogP contribution in [0.15, 0.2) is 102 Å². The number of hydrogen-bond acceptors (Lipinski definition) is 7. The molecule has 2 atom stereocenters. The average molecular weight is 755 g/mol. The molecule has 52 heavy (non-hydrogen) atoms. The van der Waals surface area contributed by atoms with Gasteiger partial charge in [-0.2, -0.15) is 9.57 Å². The minimum atomic E-state index is -3.96. The minimum Gasteiger partial charge on any atom is -0.456 e. The smallest absolute Gasteiger partial charge is 0.246 e. The van der Waals surface area contributed by atoms with Gasteiger partial charge in [0.05, 0.1) is 11.6 Å². The zero-order chi connectivity index (χ0) is 36.1. The summed E-state index contributed by atoms with van der Waals surface area (Å²) < 4.78 is 35.0. The Hall–Kier alpha value is -3.98. The van der Waals surface area contributed by atoms with Crippen molar-refractivity contribution in [3.63, 3.8) is 0 Å². The van der Waals surface area contributed by atoms with Crippen molar-refractivity contribution in [2.45, 2.75) is 42.7 Å². The molecule has 0 bridgehead atoms. The molecular formula is C41H41Cl2N5O3S. The normalized spacial score (nSPS) is 19.7. The fraction of sp³-hybridized carbons (Fsp3) is 0.293. The molecule has 11 heteroatoms. The van der Waals surface area contributed by atoms with Crippen LogP contribution in [0.25, 0.3) is 11.1 Å². The molecule has 0 saturated carbocycles. The Bertz CT molecular complexity index is 2140. The van der Waals surface area contributed by atoms with Crippen LogP contribution in [0.4, 0.5) is 0 Å². The van der Waals surface area contributed by atoms with Gasteiger partial charge in [0.2, 0.25) is 10.0 Å². The topological polar surface area (TPSA) is 106 Å². The molecule has 0 aromatic heterocycles. The van der Waals surface area contributed by atoms with Crippen LogP contribution < -0.4 is 20.7 Å². The Labute approximate surface area is 316 Å². The molecule has 4 aliphatic rings. The van der Waals surface area contributed by atoms with Crippen LogP contribution in [0.3, 0.4) is 0 Å². The Morgan fingerprint density at radius 2 is 1.42 bits per heavy atom. The highest BCUT2D eigenvalue weighted by molar-refractivity contribution is 7.89. The number of allylic oxidation sites excluding steroid dienone is 2. The van der Waals surface area contributed by atoms with Gasteiger partial charge in [0.15, 0.2) is 0 Å². The van der Waals surface area contributed by atoms with E-state index >= 15 is 0 Å². The van der Waals surface area contributed by atoms with Crippen molar-refractivity contribution in [2.75, 3.05) is 39.3 Å². The van der Waals surface area contributed by atoms with Crippen LogP contribution in [-0.4, -0.2) is 64.1 Å². The summed E-state index contributed by atoms with van der Waals surface area (Å²) in [5.41, 5.74) is 8.47. The second-order valence-corrected chi connectivity index (χ2v) is 16.2. The molecule has 4 aromatic carbocycles. The fourth-order valence-electron chi connectivity index (χ4n) is 7.35. The predicted molar refractivity (Wildman–Crippen MR) is 208 cm³/mol. The van der Waals surface area contributed by atoms with Gasteiger partial charge in [0.25, 0.3) is 0 Å². The van der Waals surface area contributed by atoms with Crippen molar-refractivity contribution >= 4 is 44.4 Å². The van der Waals surface area contributed by atoms with Crippen molar-refractivity contribution < 1.29 is 13.2 Å². The molecular weight excluding hydrogens is 713 g/mol. The van der Waals surface area contributed by atoms with Gasteiger partial charge in [0.1, 0.15) is 16.4 Å². The lowest BCUT2D eigenvalue weighted by Gasteiger charge is -2.33. The van der Waals surface area contributed by atoms with Crippen molar-refractivity contribution in [3.8, 4) is 17.6 Å². The van der Waals surface area contributed by atoms with E-state index in [0.717, 1.165) is 45.3 Å². The summed E-state index contributed by atoms with van der Waals surface area (Å²) in [6.45, 7) is 4.44. The third kappa shape index (κ3) is 8.46. The number of halogens is 2. The van der Waals surface area contributed by atoms with Crippen LogP contribution in [0.1, 0.15) is 40.7 Å². The highest BCUT2D eigenvalue weighted by Gasteiger charge is 2.33. The first-order chi connectivity index (χ1) is 25.3. The molecule has 0 radical (unpaired) electrons. The number of rotatable bonds is 8. The Kier molecular flexibility index (Phi) is 11.4. The van der Waals surface area contributed by atoms with E-state index in [4.69, 9.17) is 27.9 Å². The van der Waals surface area contributed by atoms with E-state index in [2.05, 4.69) is 64.5 Å². The second-order valence-electron chi connectivity index (χ2n) is 13.4. The lowest BCUT2D eigenvalue weighted by Crippen LogP contribution is -2.52. The Morgan fingerprint density at radius 1 is 0.788 bits per heavy atom. The molecule has 8 rings (SSSR count). The molecule has 8 nitrogen and oxygen atoms in total. The summed E-state index contributed by atoms with van der Waals surface area (Å²) in [5, 5.41) is 20.6. The maximum atomic E-state index is 13.8. The van der Waals surface area contributed by atoms with Gasteiger partial charge in [0, 0.05) is 61.4 Å². The van der Waals surface area contributed by atoms with Crippen LogP contribution >= 0.6 is 23.2 Å². The minimum absolute atomic E-state index is 0.0406. The predicted octanol–water partition coefficient (Wildman–Crippen LogP) is 7.23. The van der Waals surface area contributed by atoms with Crippen molar-refractivity contribution in [1.29, 1.82) is 5.26 Å². The molecule has 0 spiro atoms. The van der Waals surface area contributed by atoms with Crippen LogP contribution in [0.5, 0.6) is 11.5 Å². The molecule has 4 aromatic rings. The lowest BCUT2D eigenvalue weighted by atomic mass is 9.99. The van der Waals surface area contributed by atoms with E-state index in [-0.39, 0.29) is 22.3 Å². The van der Waals surface area contributed by atoms with Crippen LogP contribution in [0, 0.1) is 11.3 Å². The summed E-state index contributed by atoms with van der Waals surface area (Å²) in [7, 11) is -3.96. The summed E-state index contributed by atoms with van der Waals surface area (Å²) in [6, 6.07) is 28.7. The fourth-order valence-corrected chi connectivity index (χ4v) is 9.48. The first-order valence-corrected chi connectivity index (χ1v) is 19.9. The first-order valence-electron chi connectivity index (χ1n) is 17.7. The van der Waals surface area contributed by atoms with Crippen molar-refractivity contribution in [2.24, 2.45) is 0 Å². The zero-order valence-electron chi connectivity index (χ0n) is 28.7. The van der Waals surface area contributed by atoms with Gasteiger partial charge in [-0.3, -0.25) is 0 Å². The van der Waals surface area contributed by atoms with E-state index in [1.807, 2.05) is 18.2 Å². The Morgan fingerprint density at radius 3 is 2.06 bits per heavy atom. The number of sulfonamides is 1. The number of benzene rings is 4. The number of fused-ring (bicyclic) bond motifs is 2. The van der Waals surface area contributed by atoms with E-state index in [1.54, 1.807) is 18.2 Å². The third-order valence-corrected chi connectivity index (χ3v) is 12.2. The number of piperazine rings is 2. The van der Waals surface area contributed by atoms with Gasteiger partial charge < -0.3 is 20.7 Å². The molecule has 268 valence electrons. The number of nitrogens with zero attached hydrogens (tertiary/aromatic N) is 2. The molecule has 2 aliphatic heterocycles. The average Bonchev–Trinajstić information content (AvgIpc) is 3.76. The molecule has 2 heterocycles. The van der Waals surface area contributed by atoms with E-state index in [9.17, 15) is 13.7 Å². The van der Waals surface area contributed by atoms with Gasteiger partial charge >= 0.3 is 0 Å². The van der Waals surface area contributed by atoms with Gasteiger partial charge in [-0.15, -0.1) is 0 Å². The maximum absolute atomic E-state index is 13.8. The quantitative estimate of drug-likeness (QED) is 0.174. The number of hydrogen-bond donors (Lipinski definition) is 3. The summed E-state index contributed by atoms with van der Waals surface area (Å²) in [4.78, 5) is -0.0660. The molecule has 2 saturated heterocycles. The number of nitrogens with one attached hydrogen (secondary N) is 3. The molecule has 0 unspecified atom stereocenters. The third-order valence-electron chi connectivity index (χ3n) is 9.89. The van der Waals surface area contributed by atoms with Gasteiger partial charge in [-0.05, 0) is 95.5 Å². The largest absolute Gasteiger partial charge is 0.456 e. The standard InChI is InChI=1S/C27H23Cl2N3O3S.C14H18N2/c28-21-13-22(29)15-24(14-21)35-26-8-5-18(16-30)11-27(26)36(33,34)32-10-9-31-23(17-32)12-20-7-6-19-3-1-2-4-25(19)20;1-2-4-14-11(3-1)5-6-12(14)9-13-10-15-7-8-16-13/h1-5,7-8,11,13-15,23,31H,6,9-10,12,17H2;1-4,6,13,15-16H,5,7-10H2/t23-;13-/m00/s1. The van der Waals surface area contributed by atoms with E-state index in [1.165, 1.54) is 55.9 Å². The van der Waals surface area contributed by atoms with Crippen molar-refractivity contribution in [1.82, 2.24) is 20.3 Å². The molecule has 2 aliphatic carbocycles. The van der Waals surface area contributed by atoms with E-state index in [0.29, 0.717) is 41.5 Å². The number of nitriles is 1. The summed E-state index contributed by atoms with van der Waals surface area (Å²) in [5.74, 6) is 0.411. The van der Waals surface area contributed by atoms with Gasteiger partial charge in [-0.1, -0.05) is 83.9 Å². The SMILES string of the molecule is C1=C(C[C@H]2CNCCN2)c2ccccc2C1.N#Cc1ccc(Oc2cc(Cl)cc(Cl)c2)c(S(=O)(=O)N2CCN[C@@H](CC3=CCc4ccccc43)C2)c1. The van der Waals surface area contributed by atoms with Crippen LogP contribution in [0.2, 0.25) is 10.0 Å². The van der Waals surface area contributed by atoms with E-state index < -0.39 is 10.0 Å². The van der Waals surface area contributed by atoms with Gasteiger partial charge in [-0.25, -0.2) is 8.42 Å². The zero-order valence-corrected chi connectivity index (χ0v) is 31.1. The highest BCUT2D eigenvalue weighted by atomic mass is 35.5. The summed E-state index contributed by atoms with van der Waals surface area (Å²) in [6.07, 6.45) is 8.51. The molecule has 2 fully saturated rings. The summed E-state index contributed by atoms with van der Waals surface area (Å²) >= 11 is 12.2. The molecule has 3 N–H and O–H groups in total. The number of ether oxygens (including phenoxy) is 1. The van der Waals surface area contributed by atoms with Crippen LogP contribution in [-0.2, 0) is 22.9 Å². The Balaban J connectivity index is 0.000000217. The maximum Gasteiger partial charge on any atom is 0.246 e. The highest BCUT2D eigenvalue weighted by Crippen LogP contribution is 2.36. The van der Waals surface area contributed by atoms with Crippen molar-refractivity contribution in [3.05, 3.63) is 135 Å².